The molecule has 1 aliphatic rings. The molecule has 1 saturated heterocycles. The summed E-state index contributed by atoms with van der Waals surface area (Å²) in [7, 11) is 1.55. The Bertz CT molecular complexity index is 1270. The van der Waals surface area contributed by atoms with Crippen molar-refractivity contribution in [2.75, 3.05) is 37.0 Å². The molecule has 4 rings (SSSR count). The molecule has 0 saturated carbocycles. The van der Waals surface area contributed by atoms with Crippen molar-refractivity contribution in [1.29, 1.82) is 0 Å². The highest BCUT2D eigenvalue weighted by Gasteiger charge is 2.23. The Morgan fingerprint density at radius 3 is 2.73 bits per heavy atom. The van der Waals surface area contributed by atoms with Gasteiger partial charge in [0.25, 0.3) is 5.91 Å². The van der Waals surface area contributed by atoms with Gasteiger partial charge in [-0.2, -0.15) is 4.98 Å². The number of likely N-dealkylation sites (tertiary alicyclic amines) is 1. The van der Waals surface area contributed by atoms with Gasteiger partial charge < -0.3 is 25.6 Å². The number of benzene rings is 1. The van der Waals surface area contributed by atoms with Gasteiger partial charge in [-0.3, -0.25) is 14.6 Å². The predicted octanol–water partition coefficient (Wildman–Crippen LogP) is 4.08. The summed E-state index contributed by atoms with van der Waals surface area (Å²) >= 11 is 1.56. The molecule has 0 spiro atoms. The lowest BCUT2D eigenvalue weighted by Crippen LogP contribution is -2.44. The van der Waals surface area contributed by atoms with Crippen LogP contribution in [-0.4, -0.2) is 64.1 Å². The first-order chi connectivity index (χ1) is 18.0. The number of carbonyl (C=O) groups excluding carboxylic acids is 2. The summed E-state index contributed by atoms with van der Waals surface area (Å²) in [5.41, 5.74) is 1.07. The van der Waals surface area contributed by atoms with E-state index in [1.165, 1.54) is 12.3 Å². The van der Waals surface area contributed by atoms with Crippen LogP contribution in [0.15, 0.2) is 66.3 Å². The van der Waals surface area contributed by atoms with Crippen molar-refractivity contribution in [3.63, 3.8) is 0 Å². The first kappa shape index (κ1) is 26.0. The summed E-state index contributed by atoms with van der Waals surface area (Å²) in [5.74, 6) is 1.97. The molecule has 0 aliphatic carbocycles. The van der Waals surface area contributed by atoms with E-state index in [4.69, 9.17) is 9.72 Å². The fourth-order valence-corrected chi connectivity index (χ4v) is 4.36. The number of amides is 2. The van der Waals surface area contributed by atoms with Crippen LogP contribution in [0.2, 0.25) is 0 Å². The molecule has 37 heavy (non-hydrogen) atoms. The second-order valence-corrected chi connectivity index (χ2v) is 9.14. The number of piperidine rings is 1. The second-order valence-electron chi connectivity index (χ2n) is 8.29. The lowest BCUT2D eigenvalue weighted by atomic mass is 10.1. The molecule has 1 unspecified atom stereocenters. The number of anilines is 3. The quantitative estimate of drug-likeness (QED) is 0.284. The number of aromatic nitrogens is 3. The number of nitrogens with zero attached hydrogens (tertiary/aromatic N) is 4. The second kappa shape index (κ2) is 12.2. The number of carbonyl (C=O) groups is 2. The third kappa shape index (κ3) is 6.76. The topological polar surface area (TPSA) is 121 Å². The van der Waals surface area contributed by atoms with Crippen LogP contribution in [0.4, 0.5) is 17.5 Å². The van der Waals surface area contributed by atoms with Crippen LogP contribution in [0, 0.1) is 0 Å². The van der Waals surface area contributed by atoms with Crippen LogP contribution in [-0.2, 0) is 4.79 Å². The van der Waals surface area contributed by atoms with Crippen LogP contribution in [0.25, 0.3) is 0 Å². The molecule has 1 atom stereocenters. The molecular formula is C26H29N7O3S. The molecule has 1 fully saturated rings. The fourth-order valence-electron chi connectivity index (χ4n) is 3.90. The van der Waals surface area contributed by atoms with Gasteiger partial charge in [0.05, 0.1) is 4.90 Å². The van der Waals surface area contributed by atoms with Crippen LogP contribution in [0.3, 0.4) is 0 Å². The zero-order valence-corrected chi connectivity index (χ0v) is 21.5. The maximum Gasteiger partial charge on any atom is 0.269 e. The average Bonchev–Trinajstić information content (AvgIpc) is 2.93. The molecule has 0 bridgehead atoms. The van der Waals surface area contributed by atoms with Crippen LogP contribution in [0.1, 0.15) is 23.3 Å². The highest BCUT2D eigenvalue weighted by molar-refractivity contribution is 7.98. The van der Waals surface area contributed by atoms with Gasteiger partial charge in [-0.15, -0.1) is 11.8 Å². The van der Waals surface area contributed by atoms with Gasteiger partial charge in [-0.1, -0.05) is 6.58 Å². The Morgan fingerprint density at radius 2 is 2.00 bits per heavy atom. The lowest BCUT2D eigenvalue weighted by Gasteiger charge is -2.33. The highest BCUT2D eigenvalue weighted by atomic mass is 32.2. The summed E-state index contributed by atoms with van der Waals surface area (Å²) in [4.78, 5) is 39.7. The smallest absolute Gasteiger partial charge is 0.269 e. The Kier molecular flexibility index (Phi) is 8.57. The van der Waals surface area contributed by atoms with Crippen molar-refractivity contribution < 1.29 is 14.3 Å². The summed E-state index contributed by atoms with van der Waals surface area (Å²) in [6.07, 6.45) is 8.51. The standard InChI is InChI=1S/C26H29N7O3S/c1-4-23(34)33-13-5-6-18(16-33)30-24-22(37-3)15-29-26(32-24)31-17-7-9-19(10-8-17)36-20-11-12-28-21(14-20)25(35)27-2/h4,7-12,14-15,18H,1,5-6,13,16H2,2-3H3,(H,27,35)(H2,29,30,31,32). The van der Waals surface area contributed by atoms with Crippen molar-refractivity contribution in [3.8, 4) is 11.5 Å². The maximum atomic E-state index is 12.0. The monoisotopic (exact) mass is 519 g/mol. The SMILES string of the molecule is C=CC(=O)N1CCCC(Nc2nc(Nc3ccc(Oc4ccnc(C(=O)NC)c4)cc3)ncc2SC)C1. The summed E-state index contributed by atoms with van der Waals surface area (Å²) < 4.78 is 5.86. The Morgan fingerprint density at radius 1 is 1.19 bits per heavy atom. The summed E-state index contributed by atoms with van der Waals surface area (Å²) in [5, 5.41) is 9.26. The Labute approximate surface area is 219 Å². The van der Waals surface area contributed by atoms with Crippen molar-refractivity contribution in [3.05, 3.63) is 67.1 Å². The zero-order chi connectivity index (χ0) is 26.2. The van der Waals surface area contributed by atoms with Gasteiger partial charge in [0.15, 0.2) is 0 Å². The molecular weight excluding hydrogens is 490 g/mol. The van der Waals surface area contributed by atoms with Gasteiger partial charge in [-0.05, 0) is 55.5 Å². The predicted molar refractivity (Wildman–Crippen MR) is 145 cm³/mol. The van der Waals surface area contributed by atoms with E-state index in [0.29, 0.717) is 24.0 Å². The molecule has 3 N–H and O–H groups in total. The van der Waals surface area contributed by atoms with E-state index in [-0.39, 0.29) is 23.6 Å². The number of hydrogen-bond donors (Lipinski definition) is 3. The van der Waals surface area contributed by atoms with Gasteiger partial charge in [0.1, 0.15) is 23.0 Å². The number of nitrogens with one attached hydrogen (secondary N) is 3. The van der Waals surface area contributed by atoms with E-state index in [2.05, 4.69) is 32.5 Å². The number of ether oxygens (including phenoxy) is 1. The molecule has 192 valence electrons. The first-order valence-electron chi connectivity index (χ1n) is 11.8. The molecule has 3 heterocycles. The van der Waals surface area contributed by atoms with Crippen LogP contribution >= 0.6 is 11.8 Å². The van der Waals surface area contributed by atoms with Gasteiger partial charge in [0, 0.05) is 50.3 Å². The number of hydrogen-bond acceptors (Lipinski definition) is 9. The molecule has 10 nitrogen and oxygen atoms in total. The van der Waals surface area contributed by atoms with E-state index < -0.39 is 0 Å². The molecule has 1 aliphatic heterocycles. The van der Waals surface area contributed by atoms with Crippen LogP contribution < -0.4 is 20.7 Å². The zero-order valence-electron chi connectivity index (χ0n) is 20.7. The number of pyridine rings is 1. The van der Waals surface area contributed by atoms with E-state index in [1.807, 2.05) is 35.4 Å². The molecule has 2 aromatic heterocycles. The number of rotatable bonds is 9. The van der Waals surface area contributed by atoms with Crippen molar-refractivity contribution in [2.45, 2.75) is 23.8 Å². The van der Waals surface area contributed by atoms with Gasteiger partial charge >= 0.3 is 0 Å². The minimum Gasteiger partial charge on any atom is -0.457 e. The van der Waals surface area contributed by atoms with E-state index in [9.17, 15) is 9.59 Å². The Hall–Kier alpha value is -4.12. The van der Waals surface area contributed by atoms with Gasteiger partial charge in [-0.25, -0.2) is 4.98 Å². The lowest BCUT2D eigenvalue weighted by molar-refractivity contribution is -0.127. The van der Waals surface area contributed by atoms with Crippen molar-refractivity contribution in [1.82, 2.24) is 25.2 Å². The highest BCUT2D eigenvalue weighted by Crippen LogP contribution is 2.28. The van der Waals surface area contributed by atoms with Crippen LogP contribution in [0.5, 0.6) is 11.5 Å². The normalized spacial score (nSPS) is 15.0. The van der Waals surface area contributed by atoms with E-state index in [1.54, 1.807) is 37.1 Å². The molecule has 3 aromatic rings. The minimum atomic E-state index is -0.280. The third-order valence-corrected chi connectivity index (χ3v) is 6.50. The van der Waals surface area contributed by atoms with E-state index in [0.717, 1.165) is 35.8 Å². The first-order valence-corrected chi connectivity index (χ1v) is 13.0. The van der Waals surface area contributed by atoms with Crippen molar-refractivity contribution in [2.24, 2.45) is 0 Å². The average molecular weight is 520 g/mol. The molecule has 1 aromatic carbocycles. The van der Waals surface area contributed by atoms with Gasteiger partial charge in [0.2, 0.25) is 11.9 Å². The minimum absolute atomic E-state index is 0.0510. The summed E-state index contributed by atoms with van der Waals surface area (Å²) in [6.45, 7) is 4.94. The summed E-state index contributed by atoms with van der Waals surface area (Å²) in [6, 6.07) is 10.7. The maximum absolute atomic E-state index is 12.0. The Balaban J connectivity index is 1.42. The molecule has 11 heteroatoms. The largest absolute Gasteiger partial charge is 0.457 e. The van der Waals surface area contributed by atoms with Crippen molar-refractivity contribution >= 4 is 41.0 Å². The third-order valence-electron chi connectivity index (χ3n) is 5.76. The van der Waals surface area contributed by atoms with E-state index >= 15 is 0 Å². The fraction of sp³-hybridized carbons (Fsp3) is 0.269. The number of thioether (sulfide) groups is 1. The molecule has 0 radical (unpaired) electrons. The molecule has 2 amide bonds.